The monoisotopic (exact) mass is 555 g/mol. The first-order valence-corrected chi connectivity index (χ1v) is 12.0. The van der Waals surface area contributed by atoms with Crippen LogP contribution in [0.4, 0.5) is 0 Å². The third kappa shape index (κ3) is 7.86. The van der Waals surface area contributed by atoms with Crippen LogP contribution in [0.25, 0.3) is 0 Å². The topological polar surface area (TPSA) is 185 Å². The minimum atomic E-state index is -1.38. The Morgan fingerprint density at radius 1 is 0.821 bits per heavy atom. The number of nitrogens with one attached hydrogen (secondary N) is 3. The van der Waals surface area contributed by atoms with Gasteiger partial charge in [0.1, 0.15) is 23.3 Å². The number of amides is 3. The Morgan fingerprint density at radius 2 is 1.46 bits per heavy atom. The van der Waals surface area contributed by atoms with Gasteiger partial charge in [-0.25, -0.2) is 4.79 Å². The minimum Gasteiger partial charge on any atom is -0.508 e. The van der Waals surface area contributed by atoms with E-state index in [0.29, 0.717) is 11.1 Å². The minimum absolute atomic E-state index is 0.00767. The number of phenolic OH excluding ortho intramolecular Hbond substituents is 3. The largest absolute Gasteiger partial charge is 0.508 e. The number of benzene rings is 3. The molecule has 7 N–H and O–H groups in total. The summed E-state index contributed by atoms with van der Waals surface area (Å²) in [6, 6.07) is 11.1. The van der Waals surface area contributed by atoms with Gasteiger partial charge in [-0.05, 0) is 60.9 Å². The highest BCUT2D eigenvalue weighted by Gasteiger charge is 2.24. The van der Waals surface area contributed by atoms with Crippen LogP contribution < -0.4 is 16.0 Å². The summed E-state index contributed by atoms with van der Waals surface area (Å²) in [5.41, 5.74) is 1.16. The highest BCUT2D eigenvalue weighted by Crippen LogP contribution is 2.23. The second kappa shape index (κ2) is 12.7. The lowest BCUT2D eigenvalue weighted by Gasteiger charge is -2.17. The number of halogens is 1. The summed E-state index contributed by atoms with van der Waals surface area (Å²) >= 11 is 6.29. The molecule has 0 aliphatic rings. The molecule has 0 aromatic heterocycles. The molecule has 0 radical (unpaired) electrons. The Bertz CT molecular complexity index is 1380. The van der Waals surface area contributed by atoms with Crippen molar-refractivity contribution in [3.63, 3.8) is 0 Å². The zero-order chi connectivity index (χ0) is 28.7. The van der Waals surface area contributed by atoms with Crippen molar-refractivity contribution in [1.29, 1.82) is 0 Å². The molecule has 12 heteroatoms. The van der Waals surface area contributed by atoms with Gasteiger partial charge in [0.2, 0.25) is 0 Å². The maximum Gasteiger partial charge on any atom is 0.326 e. The van der Waals surface area contributed by atoms with Gasteiger partial charge in [-0.1, -0.05) is 23.7 Å². The Labute approximate surface area is 228 Å². The van der Waals surface area contributed by atoms with E-state index in [1.807, 2.05) is 0 Å². The van der Waals surface area contributed by atoms with Crippen molar-refractivity contribution in [2.24, 2.45) is 0 Å². The number of hydrogen-bond acceptors (Lipinski definition) is 7. The summed E-state index contributed by atoms with van der Waals surface area (Å²) in [4.78, 5) is 49.5. The molecular weight excluding hydrogens is 530 g/mol. The molecular formula is C27H26ClN3O8. The fraction of sp³-hybridized carbons (Fsp3) is 0.185. The van der Waals surface area contributed by atoms with Crippen molar-refractivity contribution >= 4 is 35.3 Å². The fourth-order valence-electron chi connectivity index (χ4n) is 3.76. The molecule has 0 saturated carbocycles. The van der Waals surface area contributed by atoms with Gasteiger partial charge in [0.25, 0.3) is 17.7 Å². The van der Waals surface area contributed by atoms with Gasteiger partial charge in [0.05, 0.1) is 10.6 Å². The molecule has 0 bridgehead atoms. The number of carboxylic acid groups (broad SMARTS) is 1. The van der Waals surface area contributed by atoms with E-state index in [2.05, 4.69) is 16.0 Å². The average molecular weight is 556 g/mol. The van der Waals surface area contributed by atoms with Crippen LogP contribution in [0, 0.1) is 6.92 Å². The maximum absolute atomic E-state index is 12.9. The quantitative estimate of drug-likeness (QED) is 0.199. The van der Waals surface area contributed by atoms with Crippen LogP contribution in [0.5, 0.6) is 17.2 Å². The predicted molar refractivity (Wildman–Crippen MR) is 141 cm³/mol. The van der Waals surface area contributed by atoms with Crippen molar-refractivity contribution < 1.29 is 39.6 Å². The molecule has 0 saturated heterocycles. The van der Waals surface area contributed by atoms with Crippen molar-refractivity contribution in [1.82, 2.24) is 16.0 Å². The SMILES string of the molecule is Cc1cc(C(=O)NCc2cccc(O)c2)cc(Cl)c1C(=O)N[C@@H](CCNC(=O)c1cc(O)cc(O)c1)C(=O)O. The van der Waals surface area contributed by atoms with Crippen molar-refractivity contribution in [3.8, 4) is 17.2 Å². The Kier molecular flexibility index (Phi) is 9.34. The highest BCUT2D eigenvalue weighted by molar-refractivity contribution is 6.34. The standard InChI is InChI=1S/C27H26ClN3O8/c1-14-7-16(25(36)30-13-15-3-2-4-18(32)8-15)11-21(28)23(14)26(37)31-22(27(38)39)5-6-29-24(35)17-9-19(33)12-20(34)10-17/h2-4,7-12,22,32-34H,5-6,13H2,1H3,(H,29,35)(H,30,36)(H,31,37)(H,38,39)/t22-/m0/s1. The molecule has 0 unspecified atom stereocenters. The van der Waals surface area contributed by atoms with Crippen LogP contribution in [0.2, 0.25) is 5.02 Å². The summed E-state index contributed by atoms with van der Waals surface area (Å²) in [5.74, 6) is -3.81. The Balaban J connectivity index is 1.62. The second-order valence-electron chi connectivity index (χ2n) is 8.65. The summed E-state index contributed by atoms with van der Waals surface area (Å²) in [6.45, 7) is 1.56. The van der Waals surface area contributed by atoms with E-state index >= 15 is 0 Å². The lowest BCUT2D eigenvalue weighted by atomic mass is 10.0. The van der Waals surface area contributed by atoms with E-state index in [1.54, 1.807) is 19.1 Å². The predicted octanol–water partition coefficient (Wildman–Crippen LogP) is 2.70. The van der Waals surface area contributed by atoms with Crippen molar-refractivity contribution in [3.05, 3.63) is 87.4 Å². The molecule has 204 valence electrons. The van der Waals surface area contributed by atoms with E-state index < -0.39 is 29.7 Å². The molecule has 3 rings (SSSR count). The van der Waals surface area contributed by atoms with E-state index in [4.69, 9.17) is 11.6 Å². The summed E-state index contributed by atoms with van der Waals surface area (Å²) < 4.78 is 0. The summed E-state index contributed by atoms with van der Waals surface area (Å²) in [5, 5.41) is 45.6. The van der Waals surface area contributed by atoms with Gasteiger partial charge in [-0.2, -0.15) is 0 Å². The number of carbonyl (C=O) groups is 4. The normalized spacial score (nSPS) is 11.3. The molecule has 0 heterocycles. The molecule has 11 nitrogen and oxygen atoms in total. The molecule has 0 aliphatic heterocycles. The lowest BCUT2D eigenvalue weighted by Crippen LogP contribution is -2.43. The number of carboxylic acids is 1. The second-order valence-corrected chi connectivity index (χ2v) is 9.06. The van der Waals surface area contributed by atoms with E-state index in [-0.39, 0.29) is 58.5 Å². The average Bonchev–Trinajstić information content (AvgIpc) is 2.85. The summed E-state index contributed by atoms with van der Waals surface area (Å²) in [7, 11) is 0. The molecule has 0 fully saturated rings. The Hall–Kier alpha value is -4.77. The number of aryl methyl sites for hydroxylation is 1. The van der Waals surface area contributed by atoms with Gasteiger partial charge in [0.15, 0.2) is 0 Å². The number of aromatic hydroxyl groups is 3. The maximum atomic E-state index is 12.9. The zero-order valence-corrected chi connectivity index (χ0v) is 21.5. The molecule has 0 aliphatic carbocycles. The first-order valence-electron chi connectivity index (χ1n) is 11.7. The van der Waals surface area contributed by atoms with Crippen LogP contribution in [0.3, 0.4) is 0 Å². The molecule has 0 spiro atoms. The van der Waals surface area contributed by atoms with Gasteiger partial charge < -0.3 is 36.4 Å². The number of phenols is 3. The molecule has 1 atom stereocenters. The van der Waals surface area contributed by atoms with Crippen LogP contribution in [0.15, 0.2) is 54.6 Å². The number of carbonyl (C=O) groups excluding carboxylic acids is 3. The van der Waals surface area contributed by atoms with Crippen LogP contribution >= 0.6 is 11.6 Å². The van der Waals surface area contributed by atoms with Gasteiger partial charge in [0, 0.05) is 30.3 Å². The number of rotatable bonds is 10. The van der Waals surface area contributed by atoms with Crippen molar-refractivity contribution in [2.45, 2.75) is 25.9 Å². The van der Waals surface area contributed by atoms with Crippen LogP contribution in [0.1, 0.15) is 48.6 Å². The van der Waals surface area contributed by atoms with E-state index in [9.17, 15) is 39.6 Å². The number of aliphatic carboxylic acids is 1. The van der Waals surface area contributed by atoms with Gasteiger partial charge in [-0.15, -0.1) is 0 Å². The number of hydrogen-bond donors (Lipinski definition) is 7. The molecule has 3 aromatic carbocycles. The third-order valence-corrected chi connectivity index (χ3v) is 5.93. The molecule has 3 amide bonds. The zero-order valence-electron chi connectivity index (χ0n) is 20.7. The first-order chi connectivity index (χ1) is 18.4. The summed E-state index contributed by atoms with van der Waals surface area (Å²) in [6.07, 6.45) is -0.177. The van der Waals surface area contributed by atoms with Gasteiger partial charge in [-0.3, -0.25) is 14.4 Å². The van der Waals surface area contributed by atoms with E-state index in [1.165, 1.54) is 24.3 Å². The van der Waals surface area contributed by atoms with Crippen LogP contribution in [-0.4, -0.2) is 56.7 Å². The van der Waals surface area contributed by atoms with Crippen LogP contribution in [-0.2, 0) is 11.3 Å². The third-order valence-electron chi connectivity index (χ3n) is 5.63. The lowest BCUT2D eigenvalue weighted by molar-refractivity contribution is -0.139. The van der Waals surface area contributed by atoms with E-state index in [0.717, 1.165) is 18.2 Å². The molecule has 3 aromatic rings. The fourth-order valence-corrected chi connectivity index (χ4v) is 4.11. The smallest absolute Gasteiger partial charge is 0.326 e. The molecule has 39 heavy (non-hydrogen) atoms. The highest BCUT2D eigenvalue weighted by atomic mass is 35.5. The first kappa shape index (κ1) is 28.8. The Morgan fingerprint density at radius 3 is 2.08 bits per heavy atom. The van der Waals surface area contributed by atoms with Crippen molar-refractivity contribution in [2.75, 3.05) is 6.54 Å². The van der Waals surface area contributed by atoms with Gasteiger partial charge >= 0.3 is 5.97 Å².